The Morgan fingerprint density at radius 3 is 2.65 bits per heavy atom. The monoisotopic (exact) mass is 372 g/mol. The molecule has 1 N–H and O–H groups in total. The lowest BCUT2D eigenvalue weighted by Gasteiger charge is -2.06. The number of ether oxygens (including phenoxy) is 1. The average molecular weight is 372 g/mol. The molecule has 2 heterocycles. The van der Waals surface area contributed by atoms with Crippen molar-refractivity contribution >= 4 is 34.1 Å². The van der Waals surface area contributed by atoms with Gasteiger partial charge in [0, 0.05) is 11.1 Å². The number of carboxylic acid groups (broad SMARTS) is 1. The van der Waals surface area contributed by atoms with E-state index in [2.05, 4.69) is 0 Å². The van der Waals surface area contributed by atoms with E-state index in [1.165, 1.54) is 35.9 Å². The fraction of sp³-hybridized carbons (Fsp3) is 0.167. The second kappa shape index (κ2) is 6.61. The Hall–Kier alpha value is -3.18. The summed E-state index contributed by atoms with van der Waals surface area (Å²) in [6.45, 7) is 1.57. The zero-order valence-electron chi connectivity index (χ0n) is 13.9. The van der Waals surface area contributed by atoms with Gasteiger partial charge in [-0.05, 0) is 36.8 Å². The highest BCUT2D eigenvalue weighted by molar-refractivity contribution is 7.14. The summed E-state index contributed by atoms with van der Waals surface area (Å²) < 4.78 is 21.1. The lowest BCUT2D eigenvalue weighted by atomic mass is 10.1. The molecule has 1 aromatic carbocycles. The molecule has 0 amide bonds. The van der Waals surface area contributed by atoms with Gasteiger partial charge in [0.2, 0.25) is 0 Å². The van der Waals surface area contributed by atoms with Crippen LogP contribution in [-0.2, 0) is 11.2 Å². The molecule has 6 nitrogen and oxygen atoms in total. The molecule has 0 saturated heterocycles. The van der Waals surface area contributed by atoms with Crippen LogP contribution < -0.4 is 4.74 Å². The summed E-state index contributed by atoms with van der Waals surface area (Å²) in [6, 6.07) is 7.92. The van der Waals surface area contributed by atoms with E-state index in [-0.39, 0.29) is 22.2 Å². The van der Waals surface area contributed by atoms with Crippen LogP contribution in [0.25, 0.3) is 10.9 Å². The number of nitrogens with zero attached hydrogens (tertiary/aromatic N) is 2. The molecular weight excluding hydrogens is 359 g/mol. The summed E-state index contributed by atoms with van der Waals surface area (Å²) in [6.07, 6.45) is -0.430. The van der Waals surface area contributed by atoms with Crippen molar-refractivity contribution in [2.75, 3.05) is 7.11 Å². The Morgan fingerprint density at radius 2 is 2.08 bits per heavy atom. The number of nitriles is 1. The van der Waals surface area contributed by atoms with Gasteiger partial charge in [-0.25, -0.2) is 4.39 Å². The van der Waals surface area contributed by atoms with Crippen molar-refractivity contribution in [3.63, 3.8) is 0 Å². The quantitative estimate of drug-likeness (QED) is 0.758. The van der Waals surface area contributed by atoms with E-state index in [4.69, 9.17) is 10.00 Å². The molecule has 26 heavy (non-hydrogen) atoms. The third-order valence-electron chi connectivity index (χ3n) is 4.08. The van der Waals surface area contributed by atoms with E-state index >= 15 is 0 Å². The Balaban J connectivity index is 2.30. The number of fused-ring (bicyclic) bond motifs is 1. The van der Waals surface area contributed by atoms with Crippen LogP contribution in [0, 0.1) is 24.1 Å². The van der Waals surface area contributed by atoms with Gasteiger partial charge in [0.1, 0.15) is 10.9 Å². The van der Waals surface area contributed by atoms with Gasteiger partial charge in [-0.2, -0.15) is 5.26 Å². The molecule has 0 saturated carbocycles. The molecule has 0 bridgehead atoms. The van der Waals surface area contributed by atoms with Gasteiger partial charge in [0.15, 0.2) is 11.6 Å². The van der Waals surface area contributed by atoms with Gasteiger partial charge in [-0.1, -0.05) is 0 Å². The van der Waals surface area contributed by atoms with E-state index in [0.29, 0.717) is 15.4 Å². The third kappa shape index (κ3) is 2.72. The van der Waals surface area contributed by atoms with Crippen LogP contribution in [0.2, 0.25) is 0 Å². The number of halogens is 1. The van der Waals surface area contributed by atoms with Crippen molar-refractivity contribution in [3.05, 3.63) is 51.1 Å². The number of carbonyl (C=O) groups excluding carboxylic acids is 1. The number of rotatable bonds is 4. The van der Waals surface area contributed by atoms with Crippen LogP contribution in [0.5, 0.6) is 5.75 Å². The Labute approximate surface area is 151 Å². The number of carbonyl (C=O) groups is 2. The second-order valence-electron chi connectivity index (χ2n) is 5.53. The maximum Gasteiger partial charge on any atom is 0.307 e. The molecule has 0 fully saturated rings. The van der Waals surface area contributed by atoms with E-state index in [1.807, 2.05) is 6.07 Å². The molecular formula is C18H13FN2O4S. The van der Waals surface area contributed by atoms with Gasteiger partial charge >= 0.3 is 5.97 Å². The lowest BCUT2D eigenvalue weighted by Crippen LogP contribution is -2.12. The van der Waals surface area contributed by atoms with Gasteiger partial charge in [-0.3, -0.25) is 14.2 Å². The Morgan fingerprint density at radius 1 is 1.35 bits per heavy atom. The summed E-state index contributed by atoms with van der Waals surface area (Å²) in [7, 11) is 1.31. The van der Waals surface area contributed by atoms with Crippen LogP contribution in [0.15, 0.2) is 24.3 Å². The number of carboxylic acids is 1. The lowest BCUT2D eigenvalue weighted by molar-refractivity contribution is -0.136. The maximum absolute atomic E-state index is 14.8. The van der Waals surface area contributed by atoms with E-state index in [9.17, 15) is 19.1 Å². The minimum Gasteiger partial charge on any atom is -0.494 e. The first kappa shape index (κ1) is 17.6. The number of benzene rings is 1. The number of thiophene rings is 1. The van der Waals surface area contributed by atoms with Crippen LogP contribution in [0.1, 0.15) is 25.8 Å². The summed E-state index contributed by atoms with van der Waals surface area (Å²) in [5, 5.41) is 18.2. The van der Waals surface area contributed by atoms with Crippen molar-refractivity contribution in [1.82, 2.24) is 4.57 Å². The zero-order chi connectivity index (χ0) is 19.0. The Bertz CT molecular complexity index is 1090. The molecule has 0 atom stereocenters. The summed E-state index contributed by atoms with van der Waals surface area (Å²) in [5.74, 6) is -2.32. The minimum atomic E-state index is -1.13. The molecule has 0 aliphatic carbocycles. The van der Waals surface area contributed by atoms with E-state index in [1.54, 1.807) is 6.92 Å². The normalized spacial score (nSPS) is 10.7. The smallest absolute Gasteiger partial charge is 0.307 e. The first-order chi connectivity index (χ1) is 12.4. The molecule has 0 unspecified atom stereocenters. The van der Waals surface area contributed by atoms with Crippen molar-refractivity contribution in [1.29, 1.82) is 5.26 Å². The maximum atomic E-state index is 14.8. The minimum absolute atomic E-state index is 0.0309. The molecule has 0 aliphatic heterocycles. The largest absolute Gasteiger partial charge is 0.494 e. The SMILES string of the molecule is COc1ccc2c(c1F)c(CC(=O)O)c(C)n2C(=O)c1ccc(C#N)s1. The highest BCUT2D eigenvalue weighted by Crippen LogP contribution is 2.34. The molecule has 0 spiro atoms. The fourth-order valence-corrected chi connectivity index (χ4v) is 3.66. The van der Waals surface area contributed by atoms with Crippen LogP contribution in [0.3, 0.4) is 0 Å². The van der Waals surface area contributed by atoms with Crippen molar-refractivity contribution in [3.8, 4) is 11.8 Å². The molecule has 3 rings (SSSR count). The van der Waals surface area contributed by atoms with Crippen LogP contribution >= 0.6 is 11.3 Å². The number of aliphatic carboxylic acids is 1. The van der Waals surface area contributed by atoms with Crippen molar-refractivity contribution in [2.24, 2.45) is 0 Å². The average Bonchev–Trinajstić information content (AvgIpc) is 3.18. The van der Waals surface area contributed by atoms with Crippen LogP contribution in [0.4, 0.5) is 4.39 Å². The number of hydrogen-bond acceptors (Lipinski definition) is 5. The van der Waals surface area contributed by atoms with Gasteiger partial charge in [0.05, 0.1) is 23.9 Å². The number of methoxy groups -OCH3 is 1. The highest BCUT2D eigenvalue weighted by Gasteiger charge is 2.25. The third-order valence-corrected chi connectivity index (χ3v) is 5.06. The van der Waals surface area contributed by atoms with Crippen molar-refractivity contribution < 1.29 is 23.8 Å². The summed E-state index contributed by atoms with van der Waals surface area (Å²) >= 11 is 1.02. The van der Waals surface area contributed by atoms with Crippen LogP contribution in [-0.4, -0.2) is 28.7 Å². The molecule has 8 heteroatoms. The molecule has 2 aromatic heterocycles. The van der Waals surface area contributed by atoms with E-state index < -0.39 is 24.1 Å². The van der Waals surface area contributed by atoms with Gasteiger partial charge in [0.25, 0.3) is 5.91 Å². The predicted octanol–water partition coefficient (Wildman–Crippen LogP) is 3.35. The topological polar surface area (TPSA) is 92.3 Å². The summed E-state index contributed by atoms with van der Waals surface area (Å²) in [5.41, 5.74) is 0.815. The first-order valence-corrected chi connectivity index (χ1v) is 8.33. The van der Waals surface area contributed by atoms with E-state index in [0.717, 1.165) is 11.3 Å². The predicted molar refractivity (Wildman–Crippen MR) is 93.3 cm³/mol. The molecule has 132 valence electrons. The zero-order valence-corrected chi connectivity index (χ0v) is 14.7. The van der Waals surface area contributed by atoms with Gasteiger partial charge in [-0.15, -0.1) is 11.3 Å². The summed E-state index contributed by atoms with van der Waals surface area (Å²) in [4.78, 5) is 24.9. The van der Waals surface area contributed by atoms with Gasteiger partial charge < -0.3 is 9.84 Å². The molecule has 0 radical (unpaired) electrons. The highest BCUT2D eigenvalue weighted by atomic mass is 32.1. The standard InChI is InChI=1S/C18H13FN2O4S/c1-9-11(7-15(22)23)16-12(4-5-13(25-2)17(16)19)21(9)18(24)14-6-3-10(8-20)26-14/h3-6H,7H2,1-2H3,(H,22,23). The Kier molecular flexibility index (Phi) is 4.49. The molecule has 0 aliphatic rings. The molecule has 3 aromatic rings. The van der Waals surface area contributed by atoms with Crippen molar-refractivity contribution in [2.45, 2.75) is 13.3 Å². The fourth-order valence-electron chi connectivity index (χ4n) is 2.93. The first-order valence-electron chi connectivity index (χ1n) is 7.51. The number of hydrogen-bond donors (Lipinski definition) is 1. The number of aromatic nitrogens is 1. The second-order valence-corrected chi connectivity index (χ2v) is 6.61.